The first-order chi connectivity index (χ1) is 9.39. The van der Waals surface area contributed by atoms with Crippen LogP contribution in [0.2, 0.25) is 0 Å². The summed E-state index contributed by atoms with van der Waals surface area (Å²) in [6, 6.07) is 5.00. The fourth-order valence-electron chi connectivity index (χ4n) is 1.94. The molecule has 0 bridgehead atoms. The maximum atomic E-state index is 12.1. The Hall–Kier alpha value is -1.75. The van der Waals surface area contributed by atoms with Gasteiger partial charge in [-0.2, -0.15) is 0 Å². The van der Waals surface area contributed by atoms with Gasteiger partial charge in [0.15, 0.2) is 0 Å². The van der Waals surface area contributed by atoms with Crippen LogP contribution < -0.4 is 15.8 Å². The van der Waals surface area contributed by atoms with Gasteiger partial charge in [0.05, 0.1) is 12.7 Å². The first-order valence-electron chi connectivity index (χ1n) is 6.72. The maximum Gasteiger partial charge on any atom is 0.253 e. The van der Waals surface area contributed by atoms with Crippen LogP contribution in [0.1, 0.15) is 37.0 Å². The Labute approximate surface area is 120 Å². The fourth-order valence-corrected chi connectivity index (χ4v) is 1.94. The standard InChI is InChI=1S/C15H24N2O3/c1-15(2,7-4-8-18)10-17-14(19)12-6-5-11(20-3)9-13(12)16/h5-6,9,18H,4,7-8,10,16H2,1-3H3,(H,17,19). The Bertz CT molecular complexity index is 458. The number of rotatable bonds is 7. The van der Waals surface area contributed by atoms with Crippen molar-refractivity contribution in [3.8, 4) is 5.75 Å². The van der Waals surface area contributed by atoms with Crippen LogP contribution in [0, 0.1) is 5.41 Å². The Morgan fingerprint density at radius 1 is 1.45 bits per heavy atom. The third-order valence-electron chi connectivity index (χ3n) is 3.24. The Balaban J connectivity index is 2.63. The minimum atomic E-state index is -0.192. The van der Waals surface area contributed by atoms with Crippen LogP contribution in [-0.2, 0) is 0 Å². The number of hydrogen-bond donors (Lipinski definition) is 3. The van der Waals surface area contributed by atoms with Gasteiger partial charge in [-0.25, -0.2) is 0 Å². The molecule has 0 atom stereocenters. The maximum absolute atomic E-state index is 12.1. The normalized spacial score (nSPS) is 11.2. The van der Waals surface area contributed by atoms with Gasteiger partial charge in [0.25, 0.3) is 5.91 Å². The van der Waals surface area contributed by atoms with Gasteiger partial charge in [-0.05, 0) is 30.4 Å². The molecular weight excluding hydrogens is 256 g/mol. The predicted molar refractivity (Wildman–Crippen MR) is 79.8 cm³/mol. The lowest BCUT2D eigenvalue weighted by molar-refractivity contribution is 0.0934. The van der Waals surface area contributed by atoms with Crippen molar-refractivity contribution < 1.29 is 14.6 Å². The second-order valence-corrected chi connectivity index (χ2v) is 5.63. The Morgan fingerprint density at radius 3 is 2.70 bits per heavy atom. The molecule has 0 heterocycles. The molecule has 0 fully saturated rings. The highest BCUT2D eigenvalue weighted by atomic mass is 16.5. The quantitative estimate of drug-likeness (QED) is 0.665. The lowest BCUT2D eigenvalue weighted by Gasteiger charge is -2.24. The zero-order chi connectivity index (χ0) is 15.2. The van der Waals surface area contributed by atoms with Crippen LogP contribution in [0.4, 0.5) is 5.69 Å². The van der Waals surface area contributed by atoms with E-state index in [9.17, 15) is 4.79 Å². The topological polar surface area (TPSA) is 84.6 Å². The van der Waals surface area contributed by atoms with E-state index in [1.807, 2.05) is 0 Å². The van der Waals surface area contributed by atoms with Crippen LogP contribution in [-0.4, -0.2) is 31.3 Å². The molecule has 1 aromatic rings. The summed E-state index contributed by atoms with van der Waals surface area (Å²) in [7, 11) is 1.55. The van der Waals surface area contributed by atoms with E-state index in [2.05, 4.69) is 19.2 Å². The molecule has 1 rings (SSSR count). The number of anilines is 1. The summed E-state index contributed by atoms with van der Waals surface area (Å²) in [6.45, 7) is 4.82. The minimum absolute atomic E-state index is 0.0559. The van der Waals surface area contributed by atoms with Crippen molar-refractivity contribution in [1.82, 2.24) is 5.32 Å². The van der Waals surface area contributed by atoms with Crippen molar-refractivity contribution in [2.24, 2.45) is 5.41 Å². The highest BCUT2D eigenvalue weighted by molar-refractivity contribution is 5.99. The number of hydrogen-bond acceptors (Lipinski definition) is 4. The summed E-state index contributed by atoms with van der Waals surface area (Å²) in [5, 5.41) is 11.7. The van der Waals surface area contributed by atoms with Gasteiger partial charge in [-0.1, -0.05) is 13.8 Å². The van der Waals surface area contributed by atoms with Crippen molar-refractivity contribution in [2.45, 2.75) is 26.7 Å². The molecule has 0 radical (unpaired) electrons. The fraction of sp³-hybridized carbons (Fsp3) is 0.533. The van der Waals surface area contributed by atoms with Crippen molar-refractivity contribution >= 4 is 11.6 Å². The van der Waals surface area contributed by atoms with E-state index in [4.69, 9.17) is 15.6 Å². The molecule has 1 aromatic carbocycles. The Morgan fingerprint density at radius 2 is 2.15 bits per heavy atom. The molecular formula is C15H24N2O3. The zero-order valence-corrected chi connectivity index (χ0v) is 12.4. The zero-order valence-electron chi connectivity index (χ0n) is 12.4. The predicted octanol–water partition coefficient (Wildman–Crippen LogP) is 1.81. The van der Waals surface area contributed by atoms with Crippen LogP contribution in [0.25, 0.3) is 0 Å². The van der Waals surface area contributed by atoms with Crippen LogP contribution >= 0.6 is 0 Å². The number of benzene rings is 1. The van der Waals surface area contributed by atoms with Crippen molar-refractivity contribution in [3.63, 3.8) is 0 Å². The third kappa shape index (κ3) is 4.74. The highest BCUT2D eigenvalue weighted by Gasteiger charge is 2.19. The molecule has 1 amide bonds. The van der Waals surface area contributed by atoms with E-state index in [1.54, 1.807) is 25.3 Å². The van der Waals surface area contributed by atoms with E-state index >= 15 is 0 Å². The third-order valence-corrected chi connectivity index (χ3v) is 3.24. The van der Waals surface area contributed by atoms with Crippen molar-refractivity contribution in [2.75, 3.05) is 26.0 Å². The molecule has 4 N–H and O–H groups in total. The summed E-state index contributed by atoms with van der Waals surface area (Å²) < 4.78 is 5.05. The van der Waals surface area contributed by atoms with E-state index < -0.39 is 0 Å². The average Bonchev–Trinajstić information content (AvgIpc) is 2.42. The molecule has 0 unspecified atom stereocenters. The van der Waals surface area contributed by atoms with Gasteiger partial charge in [0, 0.05) is 24.9 Å². The monoisotopic (exact) mass is 280 g/mol. The Kier molecular flexibility index (Phi) is 5.82. The minimum Gasteiger partial charge on any atom is -0.497 e. The summed E-state index contributed by atoms with van der Waals surface area (Å²) in [5.74, 6) is 0.435. The molecule has 0 aliphatic heterocycles. The number of ether oxygens (including phenoxy) is 1. The van der Waals surface area contributed by atoms with Crippen LogP contribution in [0.5, 0.6) is 5.75 Å². The number of nitrogens with two attached hydrogens (primary N) is 1. The first kappa shape index (κ1) is 16.3. The molecule has 0 aliphatic carbocycles. The van der Waals surface area contributed by atoms with Crippen molar-refractivity contribution in [3.05, 3.63) is 23.8 Å². The van der Waals surface area contributed by atoms with Crippen LogP contribution in [0.3, 0.4) is 0 Å². The molecule has 0 aromatic heterocycles. The number of carbonyl (C=O) groups excluding carboxylic acids is 1. The lowest BCUT2D eigenvalue weighted by Crippen LogP contribution is -2.34. The average molecular weight is 280 g/mol. The first-order valence-corrected chi connectivity index (χ1v) is 6.72. The largest absolute Gasteiger partial charge is 0.497 e. The summed E-state index contributed by atoms with van der Waals surface area (Å²) in [4.78, 5) is 12.1. The van der Waals surface area contributed by atoms with Gasteiger partial charge in [-0.3, -0.25) is 4.79 Å². The SMILES string of the molecule is COc1ccc(C(=O)NCC(C)(C)CCCO)c(N)c1. The highest BCUT2D eigenvalue weighted by Crippen LogP contribution is 2.22. The second-order valence-electron chi connectivity index (χ2n) is 5.63. The number of nitrogens with one attached hydrogen (secondary N) is 1. The number of nitrogen functional groups attached to an aromatic ring is 1. The number of carbonyl (C=O) groups is 1. The van der Waals surface area contributed by atoms with E-state index in [0.29, 0.717) is 23.5 Å². The molecule has 5 nitrogen and oxygen atoms in total. The molecule has 0 aliphatic rings. The van der Waals surface area contributed by atoms with E-state index in [-0.39, 0.29) is 17.9 Å². The van der Waals surface area contributed by atoms with E-state index in [0.717, 1.165) is 12.8 Å². The van der Waals surface area contributed by atoms with Crippen LogP contribution in [0.15, 0.2) is 18.2 Å². The van der Waals surface area contributed by atoms with E-state index in [1.165, 1.54) is 0 Å². The molecule has 112 valence electrons. The number of amides is 1. The summed E-state index contributed by atoms with van der Waals surface area (Å²) in [5.41, 5.74) is 6.63. The molecule has 5 heteroatoms. The second kappa shape index (κ2) is 7.14. The van der Waals surface area contributed by atoms with Gasteiger partial charge in [0.1, 0.15) is 5.75 Å². The van der Waals surface area contributed by atoms with Gasteiger partial charge < -0.3 is 20.9 Å². The number of aliphatic hydroxyl groups excluding tert-OH is 1. The molecule has 0 saturated carbocycles. The number of methoxy groups -OCH3 is 1. The van der Waals surface area contributed by atoms with Gasteiger partial charge in [0.2, 0.25) is 0 Å². The summed E-state index contributed by atoms with van der Waals surface area (Å²) >= 11 is 0. The van der Waals surface area contributed by atoms with Crippen molar-refractivity contribution in [1.29, 1.82) is 0 Å². The van der Waals surface area contributed by atoms with Gasteiger partial charge in [-0.15, -0.1) is 0 Å². The molecule has 0 spiro atoms. The molecule has 0 saturated heterocycles. The smallest absolute Gasteiger partial charge is 0.253 e. The molecule has 20 heavy (non-hydrogen) atoms. The lowest BCUT2D eigenvalue weighted by atomic mass is 9.88. The van der Waals surface area contributed by atoms with Gasteiger partial charge >= 0.3 is 0 Å². The summed E-state index contributed by atoms with van der Waals surface area (Å²) in [6.07, 6.45) is 1.58. The number of aliphatic hydroxyl groups is 1.